The molecule has 0 atom stereocenters. The van der Waals surface area contributed by atoms with Crippen molar-refractivity contribution in [3.63, 3.8) is 0 Å². The first-order valence-corrected chi connectivity index (χ1v) is 9.13. The van der Waals surface area contributed by atoms with Gasteiger partial charge in [0.1, 0.15) is 0 Å². The summed E-state index contributed by atoms with van der Waals surface area (Å²) in [6.45, 7) is 4.79. The fourth-order valence-corrected chi connectivity index (χ4v) is 3.46. The number of benzene rings is 1. The normalized spacial score (nSPS) is 16.1. The van der Waals surface area contributed by atoms with E-state index in [4.69, 9.17) is 4.74 Å². The minimum absolute atomic E-state index is 0.163. The number of thioether (sulfide) groups is 1. The van der Waals surface area contributed by atoms with Crippen LogP contribution in [0.4, 0.5) is 10.7 Å². The third-order valence-electron chi connectivity index (χ3n) is 4.26. The Balaban J connectivity index is 1.60. The van der Waals surface area contributed by atoms with Crippen molar-refractivity contribution in [2.45, 2.75) is 44.4 Å². The first-order valence-electron chi connectivity index (χ1n) is 8.14. The molecule has 23 heavy (non-hydrogen) atoms. The quantitative estimate of drug-likeness (QED) is 0.745. The Labute approximate surface area is 140 Å². The molecule has 6 heteroatoms. The van der Waals surface area contributed by atoms with Crippen LogP contribution < -0.4 is 5.32 Å². The van der Waals surface area contributed by atoms with Crippen LogP contribution in [0.3, 0.4) is 0 Å². The highest BCUT2D eigenvalue weighted by atomic mass is 32.2. The van der Waals surface area contributed by atoms with Gasteiger partial charge in [-0.2, -0.15) is 0 Å². The van der Waals surface area contributed by atoms with Gasteiger partial charge in [-0.1, -0.05) is 20.3 Å². The van der Waals surface area contributed by atoms with E-state index in [2.05, 4.69) is 41.3 Å². The molecule has 2 aromatic rings. The third kappa shape index (κ3) is 3.99. The first kappa shape index (κ1) is 16.2. The lowest BCUT2D eigenvalue weighted by Gasteiger charge is -2.37. The van der Waals surface area contributed by atoms with E-state index in [1.165, 1.54) is 11.3 Å². The van der Waals surface area contributed by atoms with Crippen molar-refractivity contribution in [2.75, 3.05) is 17.7 Å². The lowest BCUT2D eigenvalue weighted by molar-refractivity contribution is 0.0478. The van der Waals surface area contributed by atoms with Gasteiger partial charge < -0.3 is 9.72 Å². The Morgan fingerprint density at radius 2 is 2.30 bits per heavy atom. The maximum absolute atomic E-state index is 11.9. The SMILES string of the molecule is CCCSc1ccc2nc(NC(=O)OCC3(C)CCC3)[nH]c2c1. The van der Waals surface area contributed by atoms with Gasteiger partial charge >= 0.3 is 6.09 Å². The van der Waals surface area contributed by atoms with E-state index in [0.29, 0.717) is 12.6 Å². The molecule has 1 aromatic carbocycles. The van der Waals surface area contributed by atoms with Crippen molar-refractivity contribution < 1.29 is 9.53 Å². The monoisotopic (exact) mass is 333 g/mol. The van der Waals surface area contributed by atoms with Crippen LogP contribution in [0.2, 0.25) is 0 Å². The van der Waals surface area contributed by atoms with Gasteiger partial charge in [-0.15, -0.1) is 11.8 Å². The maximum atomic E-state index is 11.9. The standard InChI is InChI=1S/C17H23N3O2S/c1-3-9-23-12-5-6-13-14(10-12)19-15(18-13)20-16(21)22-11-17(2)7-4-8-17/h5-6,10H,3-4,7-9,11H2,1-2H3,(H2,18,19,20,21). The molecule has 1 fully saturated rings. The average molecular weight is 333 g/mol. The Hall–Kier alpha value is -1.69. The van der Waals surface area contributed by atoms with Gasteiger partial charge in [0.2, 0.25) is 5.95 Å². The minimum atomic E-state index is -0.447. The molecule has 0 bridgehead atoms. The maximum Gasteiger partial charge on any atom is 0.413 e. The van der Waals surface area contributed by atoms with Crippen LogP contribution in [0.5, 0.6) is 0 Å². The summed E-state index contributed by atoms with van der Waals surface area (Å²) in [6, 6.07) is 6.09. The number of fused-ring (bicyclic) bond motifs is 1. The number of anilines is 1. The molecular weight excluding hydrogens is 310 g/mol. The predicted molar refractivity (Wildman–Crippen MR) is 94.0 cm³/mol. The molecule has 3 rings (SSSR count). The van der Waals surface area contributed by atoms with E-state index >= 15 is 0 Å². The summed E-state index contributed by atoms with van der Waals surface area (Å²) in [6.07, 6.45) is 4.18. The number of carbonyl (C=O) groups is 1. The summed E-state index contributed by atoms with van der Waals surface area (Å²) in [4.78, 5) is 20.6. The number of H-pyrrole nitrogens is 1. The zero-order chi connectivity index (χ0) is 16.3. The summed E-state index contributed by atoms with van der Waals surface area (Å²) in [7, 11) is 0. The molecule has 5 nitrogen and oxygen atoms in total. The van der Waals surface area contributed by atoms with Crippen LogP contribution in [0.1, 0.15) is 39.5 Å². The van der Waals surface area contributed by atoms with E-state index in [0.717, 1.165) is 36.0 Å². The number of hydrogen-bond donors (Lipinski definition) is 2. The summed E-state index contributed by atoms with van der Waals surface area (Å²) in [5, 5.41) is 2.68. The van der Waals surface area contributed by atoms with Crippen LogP contribution in [0.25, 0.3) is 11.0 Å². The molecule has 2 N–H and O–H groups in total. The van der Waals surface area contributed by atoms with E-state index in [1.807, 2.05) is 17.8 Å². The topological polar surface area (TPSA) is 67.0 Å². The fourth-order valence-electron chi connectivity index (χ4n) is 2.65. The lowest BCUT2D eigenvalue weighted by atomic mass is 9.71. The number of nitrogens with one attached hydrogen (secondary N) is 2. The largest absolute Gasteiger partial charge is 0.449 e. The second-order valence-corrected chi connectivity index (χ2v) is 7.65. The molecule has 1 amide bonds. The molecule has 1 aliphatic rings. The molecule has 1 aromatic heterocycles. The van der Waals surface area contributed by atoms with E-state index in [1.54, 1.807) is 0 Å². The van der Waals surface area contributed by atoms with Crippen LogP contribution in [-0.4, -0.2) is 28.4 Å². The van der Waals surface area contributed by atoms with Gasteiger partial charge in [-0.05, 0) is 43.2 Å². The third-order valence-corrected chi connectivity index (χ3v) is 5.46. The summed E-state index contributed by atoms with van der Waals surface area (Å²) in [5.74, 6) is 1.52. The Bertz CT molecular complexity index is 694. The van der Waals surface area contributed by atoms with Crippen LogP contribution in [0, 0.1) is 5.41 Å². The van der Waals surface area contributed by atoms with Gasteiger partial charge in [0.05, 0.1) is 17.6 Å². The molecule has 0 saturated heterocycles. The predicted octanol–water partition coefficient (Wildman–Crippen LogP) is 4.80. The smallest absolute Gasteiger partial charge is 0.413 e. The number of ether oxygens (including phenoxy) is 1. The molecule has 0 aliphatic heterocycles. The number of imidazole rings is 1. The fraction of sp³-hybridized carbons (Fsp3) is 0.529. The number of nitrogens with zero attached hydrogens (tertiary/aromatic N) is 1. The van der Waals surface area contributed by atoms with Crippen LogP contribution >= 0.6 is 11.8 Å². The number of rotatable bonds is 6. The summed E-state index contributed by atoms with van der Waals surface area (Å²) < 4.78 is 5.31. The number of amides is 1. The highest BCUT2D eigenvalue weighted by Gasteiger charge is 2.33. The molecule has 124 valence electrons. The highest BCUT2D eigenvalue weighted by Crippen LogP contribution is 2.40. The van der Waals surface area contributed by atoms with Crippen molar-refractivity contribution >= 4 is 34.8 Å². The van der Waals surface area contributed by atoms with Crippen LogP contribution in [-0.2, 0) is 4.74 Å². The second kappa shape index (κ2) is 6.83. The van der Waals surface area contributed by atoms with Gasteiger partial charge in [-0.25, -0.2) is 9.78 Å². The van der Waals surface area contributed by atoms with Crippen molar-refractivity contribution in [1.29, 1.82) is 0 Å². The van der Waals surface area contributed by atoms with Crippen molar-refractivity contribution in [1.82, 2.24) is 9.97 Å². The van der Waals surface area contributed by atoms with Gasteiger partial charge in [0, 0.05) is 10.3 Å². The van der Waals surface area contributed by atoms with Gasteiger partial charge in [0.25, 0.3) is 0 Å². The average Bonchev–Trinajstić information content (AvgIpc) is 2.90. The van der Waals surface area contributed by atoms with Crippen molar-refractivity contribution in [2.24, 2.45) is 5.41 Å². The summed E-state index contributed by atoms with van der Waals surface area (Å²) in [5.41, 5.74) is 1.93. The Kier molecular flexibility index (Phi) is 4.80. The molecule has 1 heterocycles. The first-order chi connectivity index (χ1) is 11.1. The number of aromatic nitrogens is 2. The molecule has 1 saturated carbocycles. The van der Waals surface area contributed by atoms with Crippen molar-refractivity contribution in [3.05, 3.63) is 18.2 Å². The molecule has 0 radical (unpaired) electrons. The highest BCUT2D eigenvalue weighted by molar-refractivity contribution is 7.99. The zero-order valence-corrected chi connectivity index (χ0v) is 14.5. The second-order valence-electron chi connectivity index (χ2n) is 6.48. The van der Waals surface area contributed by atoms with Crippen LogP contribution in [0.15, 0.2) is 23.1 Å². The number of aromatic amines is 1. The molecule has 1 aliphatic carbocycles. The lowest BCUT2D eigenvalue weighted by Crippen LogP contribution is -2.33. The minimum Gasteiger partial charge on any atom is -0.449 e. The molecular formula is C17H23N3O2S. The van der Waals surface area contributed by atoms with E-state index < -0.39 is 6.09 Å². The van der Waals surface area contributed by atoms with Gasteiger partial charge in [0.15, 0.2) is 0 Å². The Morgan fingerprint density at radius 3 is 3.00 bits per heavy atom. The number of carbonyl (C=O) groups excluding carboxylic acids is 1. The molecule has 0 spiro atoms. The van der Waals surface area contributed by atoms with E-state index in [-0.39, 0.29) is 5.41 Å². The zero-order valence-electron chi connectivity index (χ0n) is 13.6. The van der Waals surface area contributed by atoms with Crippen molar-refractivity contribution in [3.8, 4) is 0 Å². The Morgan fingerprint density at radius 1 is 1.48 bits per heavy atom. The number of hydrogen-bond acceptors (Lipinski definition) is 4. The molecule has 0 unspecified atom stereocenters. The van der Waals surface area contributed by atoms with Gasteiger partial charge in [-0.3, -0.25) is 5.32 Å². The van der Waals surface area contributed by atoms with E-state index in [9.17, 15) is 4.79 Å². The summed E-state index contributed by atoms with van der Waals surface area (Å²) >= 11 is 1.82.